The van der Waals surface area contributed by atoms with Gasteiger partial charge in [0, 0.05) is 23.9 Å². The summed E-state index contributed by atoms with van der Waals surface area (Å²) in [5.41, 5.74) is -0.741. The number of amides is 1. The molecule has 1 aliphatic carbocycles. The molecular formula is C18H31NO3. The van der Waals surface area contributed by atoms with Gasteiger partial charge >= 0.3 is 6.09 Å². The Morgan fingerprint density at radius 2 is 1.91 bits per heavy atom. The number of carbonyl (C=O) groups is 2. The summed E-state index contributed by atoms with van der Waals surface area (Å²) in [6.07, 6.45) is 3.44. The number of piperidine rings is 1. The van der Waals surface area contributed by atoms with Crippen LogP contribution in [0, 0.1) is 17.3 Å². The summed E-state index contributed by atoms with van der Waals surface area (Å²) in [5, 5.41) is 0. The highest BCUT2D eigenvalue weighted by atomic mass is 16.6. The predicted octanol–water partition coefficient (Wildman–Crippen LogP) is 4.03. The van der Waals surface area contributed by atoms with Crippen molar-refractivity contribution >= 4 is 11.9 Å². The molecule has 1 amide bonds. The predicted molar refractivity (Wildman–Crippen MR) is 86.6 cm³/mol. The molecule has 4 nitrogen and oxygen atoms in total. The number of ketones is 1. The number of Topliss-reactive ketones (excluding diaryl/α,β-unsaturated/α-hetero) is 1. The van der Waals surface area contributed by atoms with Crippen molar-refractivity contribution in [1.82, 2.24) is 4.90 Å². The second-order valence-electron chi connectivity index (χ2n) is 8.76. The molecule has 2 aliphatic rings. The molecule has 22 heavy (non-hydrogen) atoms. The fourth-order valence-corrected chi connectivity index (χ4v) is 3.75. The largest absolute Gasteiger partial charge is 0.444 e. The fraction of sp³-hybridized carbons (Fsp3) is 0.889. The average Bonchev–Trinajstić information content (AvgIpc) is 2.62. The standard InChI is InChI=1S/C18H31NO3/c1-12-8-10-19(16(21)22-17(2,3)4)14(11-12)13-7-9-18(5,6)15(13)20/h12-14H,7-11H2,1-6H3. The summed E-state index contributed by atoms with van der Waals surface area (Å²) >= 11 is 0. The van der Waals surface area contributed by atoms with Crippen LogP contribution in [-0.4, -0.2) is 35.0 Å². The van der Waals surface area contributed by atoms with Crippen LogP contribution in [0.1, 0.15) is 67.2 Å². The third-order valence-corrected chi connectivity index (χ3v) is 5.08. The van der Waals surface area contributed by atoms with Crippen LogP contribution in [0.15, 0.2) is 0 Å². The molecule has 0 radical (unpaired) electrons. The van der Waals surface area contributed by atoms with E-state index in [2.05, 4.69) is 6.92 Å². The number of ether oxygens (including phenoxy) is 1. The van der Waals surface area contributed by atoms with Crippen LogP contribution < -0.4 is 0 Å². The molecule has 0 bridgehead atoms. The van der Waals surface area contributed by atoms with Gasteiger partial charge in [-0.15, -0.1) is 0 Å². The quantitative estimate of drug-likeness (QED) is 0.734. The van der Waals surface area contributed by atoms with E-state index in [0.717, 1.165) is 25.7 Å². The molecule has 0 aromatic heterocycles. The lowest BCUT2D eigenvalue weighted by Gasteiger charge is -2.41. The van der Waals surface area contributed by atoms with E-state index in [1.807, 2.05) is 39.5 Å². The number of carbonyl (C=O) groups excluding carboxylic acids is 2. The number of rotatable bonds is 1. The molecule has 0 N–H and O–H groups in total. The topological polar surface area (TPSA) is 46.6 Å². The maximum absolute atomic E-state index is 12.7. The van der Waals surface area contributed by atoms with Crippen molar-refractivity contribution in [2.24, 2.45) is 17.3 Å². The lowest BCUT2D eigenvalue weighted by Crippen LogP contribution is -2.52. The molecular weight excluding hydrogens is 278 g/mol. The maximum Gasteiger partial charge on any atom is 0.410 e. The van der Waals surface area contributed by atoms with Gasteiger partial charge in [0.05, 0.1) is 0 Å². The van der Waals surface area contributed by atoms with E-state index in [9.17, 15) is 9.59 Å². The van der Waals surface area contributed by atoms with Crippen LogP contribution in [0.2, 0.25) is 0 Å². The van der Waals surface area contributed by atoms with E-state index in [-0.39, 0.29) is 23.5 Å². The molecule has 1 aliphatic heterocycles. The van der Waals surface area contributed by atoms with Crippen LogP contribution in [0.3, 0.4) is 0 Å². The maximum atomic E-state index is 12.7. The van der Waals surface area contributed by atoms with Gasteiger partial charge < -0.3 is 9.64 Å². The minimum absolute atomic E-state index is 0.00729. The first-order chi connectivity index (χ1) is 10.0. The lowest BCUT2D eigenvalue weighted by atomic mass is 9.81. The van der Waals surface area contributed by atoms with Crippen molar-refractivity contribution in [3.05, 3.63) is 0 Å². The number of hydrogen-bond donors (Lipinski definition) is 0. The zero-order valence-corrected chi connectivity index (χ0v) is 14.9. The Morgan fingerprint density at radius 1 is 1.27 bits per heavy atom. The highest BCUT2D eigenvalue weighted by Crippen LogP contribution is 2.43. The van der Waals surface area contributed by atoms with E-state index in [1.54, 1.807) is 0 Å². The summed E-state index contributed by atoms with van der Waals surface area (Å²) in [6.45, 7) is 12.6. The Hall–Kier alpha value is -1.06. The van der Waals surface area contributed by atoms with Crippen LogP contribution in [0.5, 0.6) is 0 Å². The molecule has 126 valence electrons. The molecule has 0 aromatic carbocycles. The van der Waals surface area contributed by atoms with Gasteiger partial charge in [-0.25, -0.2) is 4.79 Å². The second-order valence-corrected chi connectivity index (χ2v) is 8.76. The SMILES string of the molecule is CC1CCN(C(=O)OC(C)(C)C)C(C2CCC(C)(C)C2=O)C1. The monoisotopic (exact) mass is 309 g/mol. The van der Waals surface area contributed by atoms with Crippen LogP contribution >= 0.6 is 0 Å². The van der Waals surface area contributed by atoms with Gasteiger partial charge in [0.2, 0.25) is 0 Å². The number of hydrogen-bond acceptors (Lipinski definition) is 3. The van der Waals surface area contributed by atoms with Gasteiger partial charge in [-0.05, 0) is 52.4 Å². The smallest absolute Gasteiger partial charge is 0.410 e. The zero-order valence-electron chi connectivity index (χ0n) is 14.9. The normalized spacial score (nSPS) is 32.2. The first-order valence-electron chi connectivity index (χ1n) is 8.55. The Kier molecular flexibility index (Phi) is 4.61. The molecule has 2 fully saturated rings. The third-order valence-electron chi connectivity index (χ3n) is 5.08. The second kappa shape index (κ2) is 5.86. The fourth-order valence-electron chi connectivity index (χ4n) is 3.75. The van der Waals surface area contributed by atoms with E-state index in [0.29, 0.717) is 18.2 Å². The molecule has 3 atom stereocenters. The molecule has 1 saturated heterocycles. The van der Waals surface area contributed by atoms with Gasteiger partial charge in [0.15, 0.2) is 0 Å². The van der Waals surface area contributed by atoms with Crippen molar-refractivity contribution in [3.8, 4) is 0 Å². The Morgan fingerprint density at radius 3 is 2.41 bits per heavy atom. The van der Waals surface area contributed by atoms with Crippen molar-refractivity contribution in [1.29, 1.82) is 0 Å². The van der Waals surface area contributed by atoms with E-state index in [1.165, 1.54) is 0 Å². The van der Waals surface area contributed by atoms with Crippen molar-refractivity contribution in [3.63, 3.8) is 0 Å². The molecule has 0 spiro atoms. The summed E-state index contributed by atoms with van der Waals surface area (Å²) in [5.74, 6) is 0.852. The summed E-state index contributed by atoms with van der Waals surface area (Å²) in [6, 6.07) is 0.00729. The van der Waals surface area contributed by atoms with Crippen LogP contribution in [0.4, 0.5) is 4.79 Å². The molecule has 1 saturated carbocycles. The van der Waals surface area contributed by atoms with Gasteiger partial charge in [0.1, 0.15) is 11.4 Å². The van der Waals surface area contributed by atoms with E-state index >= 15 is 0 Å². The van der Waals surface area contributed by atoms with Crippen LogP contribution in [-0.2, 0) is 9.53 Å². The lowest BCUT2D eigenvalue weighted by molar-refractivity contribution is -0.129. The molecule has 3 unspecified atom stereocenters. The minimum atomic E-state index is -0.496. The van der Waals surface area contributed by atoms with Crippen molar-refractivity contribution in [2.45, 2.75) is 78.9 Å². The average molecular weight is 309 g/mol. The van der Waals surface area contributed by atoms with Gasteiger partial charge in [-0.1, -0.05) is 20.8 Å². The highest BCUT2D eigenvalue weighted by Gasteiger charge is 2.48. The van der Waals surface area contributed by atoms with Crippen LogP contribution in [0.25, 0.3) is 0 Å². The summed E-state index contributed by atoms with van der Waals surface area (Å²) in [7, 11) is 0. The first kappa shape index (κ1) is 17.3. The van der Waals surface area contributed by atoms with E-state index < -0.39 is 5.60 Å². The first-order valence-corrected chi connectivity index (χ1v) is 8.55. The zero-order chi connectivity index (χ0) is 16.7. The number of likely N-dealkylation sites (tertiary alicyclic amines) is 1. The third kappa shape index (κ3) is 3.64. The van der Waals surface area contributed by atoms with Gasteiger partial charge in [-0.2, -0.15) is 0 Å². The molecule has 4 heteroatoms. The van der Waals surface area contributed by atoms with Crippen molar-refractivity contribution < 1.29 is 14.3 Å². The highest BCUT2D eigenvalue weighted by molar-refractivity contribution is 5.89. The Bertz CT molecular complexity index is 450. The Balaban J connectivity index is 2.18. The van der Waals surface area contributed by atoms with Gasteiger partial charge in [0.25, 0.3) is 0 Å². The van der Waals surface area contributed by atoms with Crippen molar-refractivity contribution in [2.75, 3.05) is 6.54 Å². The molecule has 0 aromatic rings. The molecule has 1 heterocycles. The minimum Gasteiger partial charge on any atom is -0.444 e. The summed E-state index contributed by atoms with van der Waals surface area (Å²) < 4.78 is 5.57. The summed E-state index contributed by atoms with van der Waals surface area (Å²) in [4.78, 5) is 27.1. The Labute approximate surface area is 134 Å². The van der Waals surface area contributed by atoms with E-state index in [4.69, 9.17) is 4.74 Å². The molecule has 2 rings (SSSR count). The van der Waals surface area contributed by atoms with Gasteiger partial charge in [-0.3, -0.25) is 4.79 Å². The number of nitrogens with zero attached hydrogens (tertiary/aromatic N) is 1.